The molecular weight excluding hydrogens is 339 g/mol. The highest BCUT2D eigenvalue weighted by atomic mass is 79.9. The van der Waals surface area contributed by atoms with Crippen LogP contribution in [-0.4, -0.2) is 11.8 Å². The summed E-state index contributed by atoms with van der Waals surface area (Å²) < 4.78 is 14.3. The smallest absolute Gasteiger partial charge is 0.258 e. The third kappa shape index (κ3) is 2.80. The molecule has 2 N–H and O–H groups in total. The molecule has 21 heavy (non-hydrogen) atoms. The van der Waals surface area contributed by atoms with E-state index in [2.05, 4.69) is 26.6 Å². The van der Waals surface area contributed by atoms with Crippen LogP contribution in [0.15, 0.2) is 40.9 Å². The number of fused-ring (bicyclic) bond motifs is 1. The lowest BCUT2D eigenvalue weighted by Gasteiger charge is -2.08. The van der Waals surface area contributed by atoms with E-state index in [-0.39, 0.29) is 17.9 Å². The molecule has 1 aliphatic rings. The van der Waals surface area contributed by atoms with E-state index in [0.717, 1.165) is 11.3 Å². The van der Waals surface area contributed by atoms with Gasteiger partial charge in [-0.3, -0.25) is 9.59 Å². The van der Waals surface area contributed by atoms with E-state index in [1.807, 2.05) is 0 Å². The number of amides is 2. The number of carbonyl (C=O) groups excluding carboxylic acids is 2. The summed E-state index contributed by atoms with van der Waals surface area (Å²) >= 11 is 3.20. The van der Waals surface area contributed by atoms with Crippen molar-refractivity contribution in [3.8, 4) is 0 Å². The molecule has 2 aromatic rings. The maximum Gasteiger partial charge on any atom is 0.258 e. The van der Waals surface area contributed by atoms with Crippen LogP contribution in [0.3, 0.4) is 0 Å². The van der Waals surface area contributed by atoms with Crippen LogP contribution in [-0.2, 0) is 11.2 Å². The summed E-state index contributed by atoms with van der Waals surface area (Å²) in [5.74, 6) is -1.20. The SMILES string of the molecule is O=C1Cc2cc(NC(=O)c3cc(Br)ccc3F)ccc2N1. The molecule has 0 bridgehead atoms. The van der Waals surface area contributed by atoms with E-state index in [1.165, 1.54) is 18.2 Å². The molecule has 4 nitrogen and oxygen atoms in total. The maximum atomic E-state index is 13.7. The number of hydrogen-bond donors (Lipinski definition) is 2. The van der Waals surface area contributed by atoms with Gasteiger partial charge in [-0.15, -0.1) is 0 Å². The van der Waals surface area contributed by atoms with Gasteiger partial charge in [0.2, 0.25) is 5.91 Å². The van der Waals surface area contributed by atoms with Gasteiger partial charge in [-0.25, -0.2) is 4.39 Å². The quantitative estimate of drug-likeness (QED) is 0.874. The van der Waals surface area contributed by atoms with Crippen molar-refractivity contribution in [2.24, 2.45) is 0 Å². The van der Waals surface area contributed by atoms with E-state index in [4.69, 9.17) is 0 Å². The minimum absolute atomic E-state index is 0.0425. The molecule has 0 aromatic heterocycles. The van der Waals surface area contributed by atoms with E-state index in [0.29, 0.717) is 10.2 Å². The fraction of sp³-hybridized carbons (Fsp3) is 0.0667. The van der Waals surface area contributed by atoms with Crippen LogP contribution in [0.4, 0.5) is 15.8 Å². The van der Waals surface area contributed by atoms with E-state index < -0.39 is 11.7 Å². The zero-order chi connectivity index (χ0) is 15.0. The molecule has 0 aliphatic carbocycles. The van der Waals surface area contributed by atoms with Crippen molar-refractivity contribution < 1.29 is 14.0 Å². The van der Waals surface area contributed by atoms with Crippen LogP contribution < -0.4 is 10.6 Å². The molecular formula is C15H10BrFN2O2. The predicted octanol–water partition coefficient (Wildman–Crippen LogP) is 3.34. The fourth-order valence-electron chi connectivity index (χ4n) is 2.18. The topological polar surface area (TPSA) is 58.2 Å². The normalized spacial score (nSPS) is 12.8. The average Bonchev–Trinajstić information content (AvgIpc) is 2.80. The van der Waals surface area contributed by atoms with Crippen LogP contribution in [0.2, 0.25) is 0 Å². The number of hydrogen-bond acceptors (Lipinski definition) is 2. The summed E-state index contributed by atoms with van der Waals surface area (Å²) in [6, 6.07) is 9.26. The lowest BCUT2D eigenvalue weighted by Crippen LogP contribution is -2.13. The van der Waals surface area contributed by atoms with Crippen LogP contribution in [0.5, 0.6) is 0 Å². The Morgan fingerprint density at radius 2 is 2.05 bits per heavy atom. The van der Waals surface area contributed by atoms with Gasteiger partial charge in [0, 0.05) is 15.8 Å². The molecule has 1 heterocycles. The van der Waals surface area contributed by atoms with Crippen molar-refractivity contribution in [3.63, 3.8) is 0 Å². The van der Waals surface area contributed by atoms with Gasteiger partial charge in [0.1, 0.15) is 5.82 Å². The Bertz CT molecular complexity index is 761. The summed E-state index contributed by atoms with van der Waals surface area (Å²) in [6.07, 6.45) is 0.282. The summed E-state index contributed by atoms with van der Waals surface area (Å²) in [6.45, 7) is 0. The molecule has 0 atom stereocenters. The lowest BCUT2D eigenvalue weighted by molar-refractivity contribution is -0.115. The van der Waals surface area contributed by atoms with Crippen molar-refractivity contribution in [2.45, 2.75) is 6.42 Å². The summed E-state index contributed by atoms with van der Waals surface area (Å²) in [5, 5.41) is 5.34. The van der Waals surface area contributed by atoms with Gasteiger partial charge in [0.05, 0.1) is 12.0 Å². The van der Waals surface area contributed by atoms with Crippen molar-refractivity contribution in [1.82, 2.24) is 0 Å². The number of benzene rings is 2. The standard InChI is InChI=1S/C15H10BrFN2O2/c16-9-1-3-12(17)11(7-9)15(21)18-10-2-4-13-8(5-10)6-14(20)19-13/h1-5,7H,6H2,(H,18,21)(H,19,20). The van der Waals surface area contributed by atoms with Crippen LogP contribution >= 0.6 is 15.9 Å². The lowest BCUT2D eigenvalue weighted by atomic mass is 10.1. The summed E-state index contributed by atoms with van der Waals surface area (Å²) in [7, 11) is 0. The molecule has 3 rings (SSSR count). The molecule has 2 amide bonds. The Morgan fingerprint density at radius 3 is 2.86 bits per heavy atom. The van der Waals surface area contributed by atoms with Crippen molar-refractivity contribution in [3.05, 3.63) is 57.8 Å². The van der Waals surface area contributed by atoms with Crippen LogP contribution in [0.25, 0.3) is 0 Å². The molecule has 0 radical (unpaired) electrons. The first-order chi connectivity index (χ1) is 10.0. The number of halogens is 2. The van der Waals surface area contributed by atoms with Gasteiger partial charge in [-0.05, 0) is 42.0 Å². The monoisotopic (exact) mass is 348 g/mol. The van der Waals surface area contributed by atoms with Crippen molar-refractivity contribution in [1.29, 1.82) is 0 Å². The number of nitrogens with one attached hydrogen (secondary N) is 2. The van der Waals surface area contributed by atoms with Gasteiger partial charge in [-0.1, -0.05) is 15.9 Å². The first kappa shape index (κ1) is 13.8. The van der Waals surface area contributed by atoms with E-state index in [9.17, 15) is 14.0 Å². The van der Waals surface area contributed by atoms with E-state index in [1.54, 1.807) is 18.2 Å². The third-order valence-corrected chi connectivity index (χ3v) is 3.65. The van der Waals surface area contributed by atoms with Crippen LogP contribution in [0.1, 0.15) is 15.9 Å². The molecule has 0 saturated heterocycles. The number of carbonyl (C=O) groups is 2. The second-order valence-corrected chi connectivity index (χ2v) is 5.59. The Balaban J connectivity index is 1.84. The average molecular weight is 349 g/mol. The molecule has 6 heteroatoms. The Labute approximate surface area is 128 Å². The zero-order valence-electron chi connectivity index (χ0n) is 10.7. The molecule has 0 unspecified atom stereocenters. The number of anilines is 2. The predicted molar refractivity (Wildman–Crippen MR) is 80.8 cm³/mol. The minimum atomic E-state index is -0.589. The zero-order valence-corrected chi connectivity index (χ0v) is 12.3. The molecule has 0 fully saturated rings. The molecule has 0 saturated carbocycles. The van der Waals surface area contributed by atoms with Gasteiger partial charge in [-0.2, -0.15) is 0 Å². The van der Waals surface area contributed by atoms with Crippen molar-refractivity contribution in [2.75, 3.05) is 10.6 Å². The highest BCUT2D eigenvalue weighted by Gasteiger charge is 2.18. The highest BCUT2D eigenvalue weighted by molar-refractivity contribution is 9.10. The second-order valence-electron chi connectivity index (χ2n) is 4.68. The molecule has 106 valence electrons. The molecule has 1 aliphatic heterocycles. The second kappa shape index (κ2) is 5.29. The number of rotatable bonds is 2. The van der Waals surface area contributed by atoms with Gasteiger partial charge in [0.15, 0.2) is 0 Å². The maximum absolute atomic E-state index is 13.7. The van der Waals surface area contributed by atoms with Gasteiger partial charge in [0.25, 0.3) is 5.91 Å². The van der Waals surface area contributed by atoms with Crippen LogP contribution in [0, 0.1) is 5.82 Å². The summed E-state index contributed by atoms with van der Waals surface area (Å²) in [5.41, 5.74) is 2.04. The van der Waals surface area contributed by atoms with Crippen molar-refractivity contribution >= 4 is 39.1 Å². The fourth-order valence-corrected chi connectivity index (χ4v) is 2.54. The molecule has 0 spiro atoms. The third-order valence-electron chi connectivity index (χ3n) is 3.16. The van der Waals surface area contributed by atoms with Gasteiger partial charge >= 0.3 is 0 Å². The Morgan fingerprint density at radius 1 is 1.24 bits per heavy atom. The minimum Gasteiger partial charge on any atom is -0.326 e. The Hall–Kier alpha value is -2.21. The van der Waals surface area contributed by atoms with Gasteiger partial charge < -0.3 is 10.6 Å². The first-order valence-corrected chi connectivity index (χ1v) is 7.01. The van der Waals surface area contributed by atoms with E-state index >= 15 is 0 Å². The highest BCUT2D eigenvalue weighted by Crippen LogP contribution is 2.26. The largest absolute Gasteiger partial charge is 0.326 e. The first-order valence-electron chi connectivity index (χ1n) is 6.22. The molecule has 2 aromatic carbocycles. The summed E-state index contributed by atoms with van der Waals surface area (Å²) in [4.78, 5) is 23.4. The Kier molecular flexibility index (Phi) is 3.47.